The van der Waals surface area contributed by atoms with E-state index in [2.05, 4.69) is 64.5 Å². The number of carbonyl (C=O) groups is 1. The van der Waals surface area contributed by atoms with Crippen molar-refractivity contribution in [2.75, 3.05) is 50.5 Å². The third-order valence-corrected chi connectivity index (χ3v) is 6.99. The van der Waals surface area contributed by atoms with Gasteiger partial charge >= 0.3 is 0 Å². The summed E-state index contributed by atoms with van der Waals surface area (Å²) in [6, 6.07) is 16.4. The van der Waals surface area contributed by atoms with Gasteiger partial charge in [0.15, 0.2) is 0 Å². The predicted molar refractivity (Wildman–Crippen MR) is 156 cm³/mol. The number of rotatable bonds is 4. The van der Waals surface area contributed by atoms with Gasteiger partial charge in [0.05, 0.1) is 12.3 Å². The number of benzene rings is 2. The fraction of sp³-hybridized carbons (Fsp3) is 0.323. The lowest BCUT2D eigenvalue weighted by molar-refractivity contribution is -0.125. The Labute approximate surface area is 230 Å². The van der Waals surface area contributed by atoms with Gasteiger partial charge in [-0.1, -0.05) is 30.9 Å². The summed E-state index contributed by atoms with van der Waals surface area (Å²) in [5.74, 6) is 1.78. The first-order valence-corrected chi connectivity index (χ1v) is 13.5. The number of carbonyl (C=O) groups excluding carboxylic acids is 1. The van der Waals surface area contributed by atoms with Crippen LogP contribution in [0.3, 0.4) is 0 Å². The third kappa shape index (κ3) is 7.23. The van der Waals surface area contributed by atoms with Gasteiger partial charge in [0, 0.05) is 55.9 Å². The van der Waals surface area contributed by atoms with Crippen LogP contribution in [0, 0.1) is 5.92 Å². The standard InChI is InChI=1S/C31H36N6O2/c1-3-30(38)37-14-11-23(22-37)20-33-26-16-24-17-27(19-26)34-31-32-12-10-29(35-31)25-8-7-9-28(18-25)39-15-6-4-5-13-36(2)21-24/h3-5,7-10,12,16-19,23,33H,1,6,11,13-15,20-22H2,2H3,(H,32,34,35)/b5-4+. The molecule has 2 N–H and O–H groups in total. The van der Waals surface area contributed by atoms with Gasteiger partial charge in [0.2, 0.25) is 11.9 Å². The largest absolute Gasteiger partial charge is 0.493 e. The van der Waals surface area contributed by atoms with Crippen molar-refractivity contribution in [3.63, 3.8) is 0 Å². The molecule has 1 atom stereocenters. The summed E-state index contributed by atoms with van der Waals surface area (Å²) in [7, 11) is 2.12. The van der Waals surface area contributed by atoms with Crippen molar-refractivity contribution in [1.29, 1.82) is 0 Å². The van der Waals surface area contributed by atoms with Gasteiger partial charge < -0.3 is 20.3 Å². The van der Waals surface area contributed by atoms with Crippen LogP contribution in [-0.2, 0) is 11.3 Å². The summed E-state index contributed by atoms with van der Waals surface area (Å²) in [5, 5.41) is 7.03. The topological polar surface area (TPSA) is 82.6 Å². The molecular formula is C31H36N6O2. The van der Waals surface area contributed by atoms with Gasteiger partial charge in [-0.25, -0.2) is 9.97 Å². The Kier molecular flexibility index (Phi) is 8.53. The number of likely N-dealkylation sites (tertiary alicyclic amines) is 1. The van der Waals surface area contributed by atoms with Crippen molar-refractivity contribution < 1.29 is 9.53 Å². The smallest absolute Gasteiger partial charge is 0.245 e. The van der Waals surface area contributed by atoms with Gasteiger partial charge in [-0.05, 0) is 73.8 Å². The Hall–Kier alpha value is -4.17. The van der Waals surface area contributed by atoms with Crippen LogP contribution < -0.4 is 15.4 Å². The molecular weight excluding hydrogens is 488 g/mol. The summed E-state index contributed by atoms with van der Waals surface area (Å²) < 4.78 is 5.97. The van der Waals surface area contributed by atoms with Crippen LogP contribution in [0.4, 0.5) is 17.3 Å². The molecule has 0 radical (unpaired) electrons. The summed E-state index contributed by atoms with van der Waals surface area (Å²) >= 11 is 0. The highest BCUT2D eigenvalue weighted by Crippen LogP contribution is 2.27. The number of fused-ring (bicyclic) bond motifs is 7. The molecule has 8 nitrogen and oxygen atoms in total. The molecule has 39 heavy (non-hydrogen) atoms. The first-order chi connectivity index (χ1) is 19.1. The molecule has 8 heteroatoms. The molecule has 2 aliphatic heterocycles. The minimum atomic E-state index is 0.00976. The maximum Gasteiger partial charge on any atom is 0.245 e. The van der Waals surface area contributed by atoms with Crippen molar-refractivity contribution in [1.82, 2.24) is 19.8 Å². The van der Waals surface area contributed by atoms with E-state index in [-0.39, 0.29) is 5.91 Å². The van der Waals surface area contributed by atoms with E-state index >= 15 is 0 Å². The van der Waals surface area contributed by atoms with Crippen molar-refractivity contribution in [3.05, 3.63) is 85.1 Å². The Morgan fingerprint density at radius 3 is 3.05 bits per heavy atom. The number of aromatic nitrogens is 2. The molecule has 1 fully saturated rings. The van der Waals surface area contributed by atoms with Crippen molar-refractivity contribution in [2.45, 2.75) is 19.4 Å². The minimum Gasteiger partial charge on any atom is -0.493 e. The molecule has 1 aromatic heterocycles. The number of ether oxygens (including phenoxy) is 1. The lowest BCUT2D eigenvalue weighted by Gasteiger charge is -2.19. The summed E-state index contributed by atoms with van der Waals surface area (Å²) in [6.07, 6.45) is 9.37. The number of hydrogen-bond donors (Lipinski definition) is 2. The van der Waals surface area contributed by atoms with Crippen LogP contribution in [0.1, 0.15) is 18.4 Å². The van der Waals surface area contributed by atoms with E-state index in [4.69, 9.17) is 9.72 Å². The van der Waals surface area contributed by atoms with Crippen LogP contribution in [0.25, 0.3) is 11.3 Å². The number of nitrogens with zero attached hydrogens (tertiary/aromatic N) is 4. The second kappa shape index (κ2) is 12.6. The molecule has 1 unspecified atom stereocenters. The van der Waals surface area contributed by atoms with E-state index in [0.29, 0.717) is 18.5 Å². The van der Waals surface area contributed by atoms with Crippen molar-refractivity contribution in [2.24, 2.45) is 5.92 Å². The highest BCUT2D eigenvalue weighted by molar-refractivity contribution is 5.87. The molecule has 3 aromatic rings. The summed E-state index contributed by atoms with van der Waals surface area (Å²) in [5.41, 5.74) is 4.94. The summed E-state index contributed by atoms with van der Waals surface area (Å²) in [4.78, 5) is 25.4. The molecule has 0 aliphatic carbocycles. The molecule has 202 valence electrons. The molecule has 2 aromatic carbocycles. The number of likely N-dealkylation sites (N-methyl/N-ethyl adjacent to an activating group) is 1. The molecule has 6 bridgehead atoms. The van der Waals surface area contributed by atoms with Gasteiger partial charge in [0.25, 0.3) is 0 Å². The third-order valence-electron chi connectivity index (χ3n) is 6.99. The van der Waals surface area contributed by atoms with E-state index in [1.165, 1.54) is 11.6 Å². The second-order valence-corrected chi connectivity index (χ2v) is 10.2. The molecule has 0 saturated carbocycles. The number of amides is 1. The Morgan fingerprint density at radius 2 is 2.15 bits per heavy atom. The molecule has 3 heterocycles. The van der Waals surface area contributed by atoms with E-state index in [9.17, 15) is 4.79 Å². The zero-order chi connectivity index (χ0) is 27.0. The van der Waals surface area contributed by atoms with Gasteiger partial charge in [0.1, 0.15) is 5.75 Å². The fourth-order valence-electron chi connectivity index (χ4n) is 5.00. The molecule has 1 saturated heterocycles. The lowest BCUT2D eigenvalue weighted by Crippen LogP contribution is -2.27. The molecule has 0 spiro atoms. The first-order valence-electron chi connectivity index (χ1n) is 13.5. The van der Waals surface area contributed by atoms with Gasteiger partial charge in [-0.15, -0.1) is 0 Å². The van der Waals surface area contributed by atoms with E-state index < -0.39 is 0 Å². The average molecular weight is 525 g/mol. The predicted octanol–water partition coefficient (Wildman–Crippen LogP) is 5.10. The Morgan fingerprint density at radius 1 is 1.23 bits per heavy atom. The highest BCUT2D eigenvalue weighted by Gasteiger charge is 2.24. The van der Waals surface area contributed by atoms with Crippen LogP contribution >= 0.6 is 0 Å². The first kappa shape index (κ1) is 26.4. The zero-order valence-electron chi connectivity index (χ0n) is 22.5. The quantitative estimate of drug-likeness (QED) is 0.363. The van der Waals surface area contributed by atoms with Gasteiger partial charge in [-0.3, -0.25) is 9.69 Å². The maximum atomic E-state index is 12.0. The molecule has 2 aliphatic rings. The Balaban J connectivity index is 1.39. The monoisotopic (exact) mass is 524 g/mol. The SMILES string of the molecule is C=CC(=O)N1CCC(CNc2cc3cc(c2)Nc2nccc(n2)-c2cccc(c2)OCC/C=C/CN(C)C3)C1. The van der Waals surface area contributed by atoms with Gasteiger partial charge in [-0.2, -0.15) is 0 Å². The highest BCUT2D eigenvalue weighted by atomic mass is 16.5. The van der Waals surface area contributed by atoms with E-state index in [1.807, 2.05) is 35.2 Å². The van der Waals surface area contributed by atoms with Crippen LogP contribution in [0.15, 0.2) is 79.5 Å². The fourth-order valence-corrected chi connectivity index (χ4v) is 5.00. The van der Waals surface area contributed by atoms with E-state index in [1.54, 1.807) is 6.20 Å². The Bertz CT molecular complexity index is 1340. The number of hydrogen-bond acceptors (Lipinski definition) is 7. The van der Waals surface area contributed by atoms with Crippen molar-refractivity contribution in [3.8, 4) is 17.0 Å². The van der Waals surface area contributed by atoms with Crippen LogP contribution in [0.5, 0.6) is 5.75 Å². The molecule has 1 amide bonds. The van der Waals surface area contributed by atoms with Crippen LogP contribution in [0.2, 0.25) is 0 Å². The normalized spacial score (nSPS) is 18.7. The minimum absolute atomic E-state index is 0.00976. The molecule has 5 rings (SSSR count). The maximum absolute atomic E-state index is 12.0. The van der Waals surface area contributed by atoms with Crippen molar-refractivity contribution >= 4 is 23.2 Å². The second-order valence-electron chi connectivity index (χ2n) is 10.2. The zero-order valence-corrected chi connectivity index (χ0v) is 22.5. The summed E-state index contributed by atoms with van der Waals surface area (Å²) in [6.45, 7) is 8.21. The number of nitrogens with one attached hydrogen (secondary N) is 2. The van der Waals surface area contributed by atoms with Crippen LogP contribution in [-0.4, -0.2) is 65.5 Å². The van der Waals surface area contributed by atoms with E-state index in [0.717, 1.165) is 73.9 Å². The lowest BCUT2D eigenvalue weighted by atomic mass is 10.1. The number of anilines is 3. The average Bonchev–Trinajstić information content (AvgIpc) is 3.42.